The number of nitrogens with one attached hydrogen (secondary N) is 1. The minimum absolute atomic E-state index is 0.0504. The fraction of sp³-hybridized carbons (Fsp3) is 0.471. The van der Waals surface area contributed by atoms with Crippen molar-refractivity contribution in [2.75, 3.05) is 14.1 Å². The van der Waals surface area contributed by atoms with Gasteiger partial charge in [0.2, 0.25) is 0 Å². The Morgan fingerprint density at radius 3 is 2.62 bits per heavy atom. The lowest BCUT2D eigenvalue weighted by molar-refractivity contribution is 0.111. The predicted molar refractivity (Wildman–Crippen MR) is 84.9 cm³/mol. The number of aromatic amines is 1. The van der Waals surface area contributed by atoms with Crippen molar-refractivity contribution in [1.29, 1.82) is 0 Å². The fourth-order valence-electron chi connectivity index (χ4n) is 3.12. The Morgan fingerprint density at radius 2 is 1.90 bits per heavy atom. The summed E-state index contributed by atoms with van der Waals surface area (Å²) in [5.41, 5.74) is -0.0504. The van der Waals surface area contributed by atoms with Crippen molar-refractivity contribution in [1.82, 2.24) is 9.88 Å². The SMILES string of the molecule is CN(C)C1CCC(Oc2ccc3c(=O)[nH]ccc3c2)CC1. The topological polar surface area (TPSA) is 45.3 Å². The molecule has 1 aliphatic rings. The largest absolute Gasteiger partial charge is 0.490 e. The summed E-state index contributed by atoms with van der Waals surface area (Å²) < 4.78 is 6.10. The maximum Gasteiger partial charge on any atom is 0.255 e. The summed E-state index contributed by atoms with van der Waals surface area (Å²) in [4.78, 5) is 16.7. The lowest BCUT2D eigenvalue weighted by atomic mass is 9.92. The quantitative estimate of drug-likeness (QED) is 0.943. The average molecular weight is 286 g/mol. The van der Waals surface area contributed by atoms with Gasteiger partial charge in [-0.3, -0.25) is 4.79 Å². The van der Waals surface area contributed by atoms with Gasteiger partial charge in [0.15, 0.2) is 0 Å². The fourth-order valence-corrected chi connectivity index (χ4v) is 3.12. The zero-order chi connectivity index (χ0) is 14.8. The number of rotatable bonds is 3. The van der Waals surface area contributed by atoms with Gasteiger partial charge >= 0.3 is 0 Å². The van der Waals surface area contributed by atoms with E-state index in [1.807, 2.05) is 24.3 Å². The molecule has 0 amide bonds. The molecule has 112 valence electrons. The summed E-state index contributed by atoms with van der Waals surface area (Å²) in [5, 5.41) is 1.64. The molecular weight excluding hydrogens is 264 g/mol. The molecule has 0 bridgehead atoms. The molecule has 1 aliphatic carbocycles. The smallest absolute Gasteiger partial charge is 0.255 e. The van der Waals surface area contributed by atoms with Crippen LogP contribution in [0.5, 0.6) is 5.75 Å². The molecule has 1 aromatic heterocycles. The van der Waals surface area contributed by atoms with Gasteiger partial charge in [0, 0.05) is 17.6 Å². The summed E-state index contributed by atoms with van der Waals surface area (Å²) in [6, 6.07) is 8.29. The van der Waals surface area contributed by atoms with E-state index in [0.717, 1.165) is 24.0 Å². The van der Waals surface area contributed by atoms with Gasteiger partial charge < -0.3 is 14.6 Å². The van der Waals surface area contributed by atoms with Crippen molar-refractivity contribution in [3.05, 3.63) is 40.8 Å². The molecule has 0 aliphatic heterocycles. The Balaban J connectivity index is 1.70. The van der Waals surface area contributed by atoms with Crippen molar-refractivity contribution < 1.29 is 4.74 Å². The van der Waals surface area contributed by atoms with Gasteiger partial charge in [-0.05, 0) is 69.4 Å². The number of benzene rings is 1. The first kappa shape index (κ1) is 14.1. The number of H-pyrrole nitrogens is 1. The van der Waals surface area contributed by atoms with Crippen LogP contribution in [0.3, 0.4) is 0 Å². The molecule has 0 radical (unpaired) electrons. The lowest BCUT2D eigenvalue weighted by Crippen LogP contribution is -2.35. The summed E-state index contributed by atoms with van der Waals surface area (Å²) >= 11 is 0. The maximum absolute atomic E-state index is 11.7. The minimum atomic E-state index is -0.0504. The molecule has 1 N–H and O–H groups in total. The highest BCUT2D eigenvalue weighted by Gasteiger charge is 2.23. The van der Waals surface area contributed by atoms with Crippen LogP contribution in [-0.4, -0.2) is 36.1 Å². The van der Waals surface area contributed by atoms with E-state index in [0.29, 0.717) is 17.5 Å². The number of aromatic nitrogens is 1. The zero-order valence-electron chi connectivity index (χ0n) is 12.6. The number of nitrogens with zero attached hydrogens (tertiary/aromatic N) is 1. The van der Waals surface area contributed by atoms with Crippen molar-refractivity contribution >= 4 is 10.8 Å². The van der Waals surface area contributed by atoms with Crippen LogP contribution in [0.2, 0.25) is 0 Å². The molecule has 4 heteroatoms. The van der Waals surface area contributed by atoms with Crippen LogP contribution >= 0.6 is 0 Å². The van der Waals surface area contributed by atoms with Crippen LogP contribution in [0, 0.1) is 0 Å². The zero-order valence-corrected chi connectivity index (χ0v) is 12.6. The third-order valence-electron chi connectivity index (χ3n) is 4.42. The molecule has 0 unspecified atom stereocenters. The van der Waals surface area contributed by atoms with Crippen LogP contribution in [0.1, 0.15) is 25.7 Å². The monoisotopic (exact) mass is 286 g/mol. The maximum atomic E-state index is 11.7. The summed E-state index contributed by atoms with van der Waals surface area (Å²) in [7, 11) is 4.29. The molecule has 1 fully saturated rings. The molecule has 0 spiro atoms. The molecule has 1 saturated carbocycles. The third kappa shape index (κ3) is 3.10. The van der Waals surface area contributed by atoms with Crippen LogP contribution in [0.25, 0.3) is 10.8 Å². The van der Waals surface area contributed by atoms with E-state index < -0.39 is 0 Å². The molecular formula is C17H22N2O2. The average Bonchev–Trinajstić information content (AvgIpc) is 2.48. The van der Waals surface area contributed by atoms with Gasteiger partial charge in [0.25, 0.3) is 5.56 Å². The second-order valence-corrected chi connectivity index (χ2v) is 6.07. The van der Waals surface area contributed by atoms with E-state index in [9.17, 15) is 4.79 Å². The molecule has 0 atom stereocenters. The number of hydrogen-bond acceptors (Lipinski definition) is 3. The number of ether oxygens (including phenoxy) is 1. The first-order valence-electron chi connectivity index (χ1n) is 7.58. The lowest BCUT2D eigenvalue weighted by Gasteiger charge is -2.32. The first-order valence-corrected chi connectivity index (χ1v) is 7.58. The van der Waals surface area contributed by atoms with Crippen molar-refractivity contribution in [2.45, 2.75) is 37.8 Å². The Kier molecular flexibility index (Phi) is 3.97. The molecule has 1 aromatic carbocycles. The van der Waals surface area contributed by atoms with Gasteiger partial charge in [-0.1, -0.05) is 0 Å². The number of pyridine rings is 1. The highest BCUT2D eigenvalue weighted by atomic mass is 16.5. The van der Waals surface area contributed by atoms with E-state index in [-0.39, 0.29) is 5.56 Å². The van der Waals surface area contributed by atoms with E-state index in [1.165, 1.54) is 12.8 Å². The first-order chi connectivity index (χ1) is 10.1. The second-order valence-electron chi connectivity index (χ2n) is 6.07. The van der Waals surface area contributed by atoms with Crippen LogP contribution in [-0.2, 0) is 0 Å². The van der Waals surface area contributed by atoms with Crippen molar-refractivity contribution in [3.63, 3.8) is 0 Å². The normalized spacial score (nSPS) is 22.6. The molecule has 0 saturated heterocycles. The van der Waals surface area contributed by atoms with Crippen LogP contribution in [0.4, 0.5) is 0 Å². The third-order valence-corrected chi connectivity index (χ3v) is 4.42. The molecule has 21 heavy (non-hydrogen) atoms. The number of fused-ring (bicyclic) bond motifs is 1. The van der Waals surface area contributed by atoms with Crippen LogP contribution in [0.15, 0.2) is 35.3 Å². The summed E-state index contributed by atoms with van der Waals surface area (Å²) in [6.45, 7) is 0. The number of hydrogen-bond donors (Lipinski definition) is 1. The minimum Gasteiger partial charge on any atom is -0.490 e. The predicted octanol–water partition coefficient (Wildman–Crippen LogP) is 2.78. The summed E-state index contributed by atoms with van der Waals surface area (Å²) in [5.74, 6) is 0.862. The van der Waals surface area contributed by atoms with Gasteiger partial charge in [-0.15, -0.1) is 0 Å². The van der Waals surface area contributed by atoms with Gasteiger partial charge in [0.1, 0.15) is 5.75 Å². The van der Waals surface area contributed by atoms with Crippen LogP contribution < -0.4 is 10.3 Å². The highest BCUT2D eigenvalue weighted by Crippen LogP contribution is 2.27. The van der Waals surface area contributed by atoms with Gasteiger partial charge in [-0.2, -0.15) is 0 Å². The Hall–Kier alpha value is -1.81. The Bertz CT molecular complexity index is 670. The molecule has 3 rings (SSSR count). The van der Waals surface area contributed by atoms with E-state index in [4.69, 9.17) is 4.74 Å². The Labute approximate surface area is 124 Å². The molecule has 2 aromatic rings. The Morgan fingerprint density at radius 1 is 1.14 bits per heavy atom. The van der Waals surface area contributed by atoms with E-state index in [1.54, 1.807) is 6.20 Å². The van der Waals surface area contributed by atoms with E-state index in [2.05, 4.69) is 24.0 Å². The van der Waals surface area contributed by atoms with Crippen molar-refractivity contribution in [3.8, 4) is 5.75 Å². The highest BCUT2D eigenvalue weighted by molar-refractivity contribution is 5.82. The van der Waals surface area contributed by atoms with Gasteiger partial charge in [-0.25, -0.2) is 0 Å². The van der Waals surface area contributed by atoms with Crippen molar-refractivity contribution in [2.24, 2.45) is 0 Å². The second kappa shape index (κ2) is 5.90. The van der Waals surface area contributed by atoms with Gasteiger partial charge in [0.05, 0.1) is 6.10 Å². The van der Waals surface area contributed by atoms with E-state index >= 15 is 0 Å². The summed E-state index contributed by atoms with van der Waals surface area (Å²) in [6.07, 6.45) is 6.53. The molecule has 1 heterocycles. The molecule has 4 nitrogen and oxygen atoms in total. The standard InChI is InChI=1S/C17H22N2O2/c1-19(2)13-3-5-14(6-4-13)21-15-7-8-16-12(11-15)9-10-18-17(16)20/h7-11,13-14H,3-6H2,1-2H3,(H,18,20).